The average Bonchev–Trinajstić information content (AvgIpc) is 2.93. The van der Waals surface area contributed by atoms with E-state index in [9.17, 15) is 8.42 Å². The van der Waals surface area contributed by atoms with Crippen molar-refractivity contribution >= 4 is 37.3 Å². The summed E-state index contributed by atoms with van der Waals surface area (Å²) in [5.74, 6) is 0. The van der Waals surface area contributed by atoms with E-state index < -0.39 is 10.0 Å². The highest BCUT2D eigenvalue weighted by atomic mass is 32.2. The first-order chi connectivity index (χ1) is 9.45. The van der Waals surface area contributed by atoms with Crippen LogP contribution < -0.4 is 4.72 Å². The molecular weight excluding hydrogens is 296 g/mol. The number of fused-ring (bicyclic) bond motifs is 1. The number of sulfonamides is 1. The highest BCUT2D eigenvalue weighted by Gasteiger charge is 2.18. The summed E-state index contributed by atoms with van der Waals surface area (Å²) >= 11 is 1.53. The van der Waals surface area contributed by atoms with E-state index in [1.807, 2.05) is 6.92 Å². The average molecular weight is 308 g/mol. The molecule has 3 aromatic rings. The molecule has 20 heavy (non-hydrogen) atoms. The number of hydrogen-bond donors (Lipinski definition) is 2. The fourth-order valence-electron chi connectivity index (χ4n) is 1.92. The second-order valence-corrected chi connectivity index (χ2v) is 7.27. The number of aromatic amines is 1. The molecule has 0 aliphatic rings. The Hall–Kier alpha value is -1.93. The van der Waals surface area contributed by atoms with Crippen molar-refractivity contribution in [1.82, 2.24) is 15.2 Å². The molecule has 0 amide bonds. The van der Waals surface area contributed by atoms with Gasteiger partial charge in [0.25, 0.3) is 10.0 Å². The second kappa shape index (κ2) is 4.57. The molecule has 2 N–H and O–H groups in total. The summed E-state index contributed by atoms with van der Waals surface area (Å²) in [6.45, 7) is 3.58. The maximum Gasteiger partial charge on any atom is 0.265 e. The van der Waals surface area contributed by atoms with Crippen LogP contribution in [0.25, 0.3) is 10.2 Å². The third-order valence-corrected chi connectivity index (χ3v) is 5.25. The standard InChI is InChI=1S/C12H12N4O2S2/c1-7-12(6-13-15-7)20(17,18)16-9-3-4-10-11(5-9)19-8(2)14-10/h3-6,16H,1-2H3,(H,13,15). The summed E-state index contributed by atoms with van der Waals surface area (Å²) in [4.78, 5) is 4.49. The Morgan fingerprint density at radius 2 is 2.10 bits per heavy atom. The number of aromatic nitrogens is 3. The van der Waals surface area contributed by atoms with E-state index in [-0.39, 0.29) is 4.90 Å². The van der Waals surface area contributed by atoms with Gasteiger partial charge in [0.1, 0.15) is 4.90 Å². The zero-order valence-corrected chi connectivity index (χ0v) is 12.5. The minimum absolute atomic E-state index is 0.151. The van der Waals surface area contributed by atoms with Crippen LogP contribution in [0.15, 0.2) is 29.3 Å². The van der Waals surface area contributed by atoms with Crippen LogP contribution in [0.3, 0.4) is 0 Å². The van der Waals surface area contributed by atoms with Gasteiger partial charge in [-0.3, -0.25) is 9.82 Å². The maximum atomic E-state index is 12.2. The van der Waals surface area contributed by atoms with Crippen LogP contribution in [0.1, 0.15) is 10.7 Å². The number of hydrogen-bond acceptors (Lipinski definition) is 5. The lowest BCUT2D eigenvalue weighted by atomic mass is 10.3. The molecule has 0 fully saturated rings. The van der Waals surface area contributed by atoms with Crippen molar-refractivity contribution in [3.05, 3.63) is 35.1 Å². The topological polar surface area (TPSA) is 87.7 Å². The van der Waals surface area contributed by atoms with Gasteiger partial charge in [-0.1, -0.05) is 0 Å². The molecule has 2 aromatic heterocycles. The molecule has 6 nitrogen and oxygen atoms in total. The summed E-state index contributed by atoms with van der Waals surface area (Å²) < 4.78 is 28.0. The first-order valence-electron chi connectivity index (χ1n) is 5.86. The summed E-state index contributed by atoms with van der Waals surface area (Å²) in [5.41, 5.74) is 1.89. The lowest BCUT2D eigenvalue weighted by Crippen LogP contribution is -2.13. The molecule has 0 spiro atoms. The molecule has 0 saturated heterocycles. The molecule has 0 atom stereocenters. The second-order valence-electron chi connectivity index (χ2n) is 4.38. The van der Waals surface area contributed by atoms with Crippen molar-refractivity contribution < 1.29 is 8.42 Å². The van der Waals surface area contributed by atoms with Crippen LogP contribution >= 0.6 is 11.3 Å². The van der Waals surface area contributed by atoms with Gasteiger partial charge in [-0.2, -0.15) is 5.10 Å². The maximum absolute atomic E-state index is 12.2. The summed E-state index contributed by atoms with van der Waals surface area (Å²) in [7, 11) is -3.62. The van der Waals surface area contributed by atoms with Crippen molar-refractivity contribution in [3.8, 4) is 0 Å². The van der Waals surface area contributed by atoms with E-state index >= 15 is 0 Å². The SMILES string of the molecule is Cc1nc2ccc(NS(=O)(=O)c3cn[nH]c3C)cc2s1. The van der Waals surface area contributed by atoms with E-state index in [1.54, 1.807) is 25.1 Å². The van der Waals surface area contributed by atoms with Gasteiger partial charge in [-0.25, -0.2) is 13.4 Å². The molecule has 104 valence electrons. The van der Waals surface area contributed by atoms with Crippen molar-refractivity contribution in [2.45, 2.75) is 18.7 Å². The van der Waals surface area contributed by atoms with E-state index in [1.165, 1.54) is 17.5 Å². The number of aryl methyl sites for hydroxylation is 2. The van der Waals surface area contributed by atoms with Gasteiger partial charge >= 0.3 is 0 Å². The summed E-state index contributed by atoms with van der Waals surface area (Å²) in [6.07, 6.45) is 1.30. The van der Waals surface area contributed by atoms with Crippen LogP contribution in [-0.4, -0.2) is 23.6 Å². The lowest BCUT2D eigenvalue weighted by Gasteiger charge is -2.06. The first-order valence-corrected chi connectivity index (χ1v) is 8.16. The Balaban J connectivity index is 1.98. The van der Waals surface area contributed by atoms with Gasteiger partial charge in [0.2, 0.25) is 0 Å². The molecule has 0 bridgehead atoms. The van der Waals surface area contributed by atoms with Crippen LogP contribution in [0.4, 0.5) is 5.69 Å². The Labute approximate surface area is 119 Å². The zero-order valence-electron chi connectivity index (χ0n) is 10.8. The fraction of sp³-hybridized carbons (Fsp3) is 0.167. The molecule has 0 radical (unpaired) electrons. The molecule has 8 heteroatoms. The highest BCUT2D eigenvalue weighted by molar-refractivity contribution is 7.92. The van der Waals surface area contributed by atoms with Gasteiger partial charge in [0.05, 0.1) is 32.8 Å². The molecule has 0 saturated carbocycles. The van der Waals surface area contributed by atoms with Gasteiger partial charge in [0, 0.05) is 0 Å². The van der Waals surface area contributed by atoms with E-state index in [0.29, 0.717) is 11.4 Å². The fourth-order valence-corrected chi connectivity index (χ4v) is 3.98. The summed E-state index contributed by atoms with van der Waals surface area (Å²) in [6, 6.07) is 5.29. The quantitative estimate of drug-likeness (QED) is 0.778. The van der Waals surface area contributed by atoms with E-state index in [0.717, 1.165) is 15.2 Å². The van der Waals surface area contributed by atoms with Crippen LogP contribution in [-0.2, 0) is 10.0 Å². The molecule has 0 aliphatic heterocycles. The van der Waals surface area contributed by atoms with Crippen molar-refractivity contribution in [3.63, 3.8) is 0 Å². The number of H-pyrrole nitrogens is 1. The first kappa shape index (κ1) is 13.1. The van der Waals surface area contributed by atoms with Gasteiger partial charge in [0.15, 0.2) is 0 Å². The Kier molecular flexibility index (Phi) is 2.98. The number of anilines is 1. The Morgan fingerprint density at radius 3 is 2.80 bits per heavy atom. The predicted molar refractivity (Wildman–Crippen MR) is 78.5 cm³/mol. The third-order valence-electron chi connectivity index (χ3n) is 2.82. The van der Waals surface area contributed by atoms with E-state index in [4.69, 9.17) is 0 Å². The third kappa shape index (κ3) is 2.27. The number of nitrogens with zero attached hydrogens (tertiary/aromatic N) is 2. The van der Waals surface area contributed by atoms with Crippen LogP contribution in [0.5, 0.6) is 0 Å². The molecule has 0 unspecified atom stereocenters. The van der Waals surface area contributed by atoms with E-state index in [2.05, 4.69) is 19.9 Å². The number of thiazole rings is 1. The molecule has 0 aliphatic carbocycles. The van der Waals surface area contributed by atoms with Crippen molar-refractivity contribution in [2.75, 3.05) is 4.72 Å². The molecule has 1 aromatic carbocycles. The minimum atomic E-state index is -3.62. The summed E-state index contributed by atoms with van der Waals surface area (Å²) in [5, 5.41) is 7.30. The zero-order chi connectivity index (χ0) is 14.3. The van der Waals surface area contributed by atoms with Gasteiger partial charge < -0.3 is 0 Å². The Morgan fingerprint density at radius 1 is 1.30 bits per heavy atom. The largest absolute Gasteiger partial charge is 0.281 e. The normalized spacial score (nSPS) is 11.9. The number of rotatable bonds is 3. The Bertz CT molecular complexity index is 880. The smallest absolute Gasteiger partial charge is 0.265 e. The van der Waals surface area contributed by atoms with Crippen LogP contribution in [0, 0.1) is 13.8 Å². The predicted octanol–water partition coefficient (Wildman–Crippen LogP) is 2.44. The van der Waals surface area contributed by atoms with Crippen molar-refractivity contribution in [1.29, 1.82) is 0 Å². The molecular formula is C12H12N4O2S2. The van der Waals surface area contributed by atoms with Gasteiger partial charge in [-0.05, 0) is 32.0 Å². The van der Waals surface area contributed by atoms with Gasteiger partial charge in [-0.15, -0.1) is 11.3 Å². The highest BCUT2D eigenvalue weighted by Crippen LogP contribution is 2.26. The minimum Gasteiger partial charge on any atom is -0.281 e. The molecule has 3 rings (SSSR count). The monoisotopic (exact) mass is 308 g/mol. The lowest BCUT2D eigenvalue weighted by molar-refractivity contribution is 0.600. The number of nitrogens with one attached hydrogen (secondary N) is 2. The molecule has 2 heterocycles. The number of benzene rings is 1. The van der Waals surface area contributed by atoms with Crippen LogP contribution in [0.2, 0.25) is 0 Å². The van der Waals surface area contributed by atoms with Crippen molar-refractivity contribution in [2.24, 2.45) is 0 Å².